The van der Waals surface area contributed by atoms with Crippen LogP contribution in [0.5, 0.6) is 0 Å². The molecule has 0 N–H and O–H groups in total. The first kappa shape index (κ1) is 52.4. The molecule has 0 fully saturated rings. The van der Waals surface area contributed by atoms with Crippen molar-refractivity contribution in [2.24, 2.45) is 11.8 Å². The summed E-state index contributed by atoms with van der Waals surface area (Å²) in [5.41, 5.74) is 0. The lowest BCUT2D eigenvalue weighted by Gasteiger charge is -2.18. The van der Waals surface area contributed by atoms with Crippen LogP contribution < -0.4 is 0 Å². The lowest BCUT2D eigenvalue weighted by molar-refractivity contribution is -0.167. The first-order valence-electron chi connectivity index (χ1n) is 23.8. The zero-order valence-electron chi connectivity index (χ0n) is 36.8. The van der Waals surface area contributed by atoms with Crippen LogP contribution in [-0.4, -0.2) is 37.2 Å². The summed E-state index contributed by atoms with van der Waals surface area (Å²) >= 11 is 0. The molecule has 54 heavy (non-hydrogen) atoms. The van der Waals surface area contributed by atoms with Crippen LogP contribution in [0.15, 0.2) is 0 Å². The topological polar surface area (TPSA) is 78.9 Å². The Morgan fingerprint density at radius 2 is 0.704 bits per heavy atom. The first-order valence-corrected chi connectivity index (χ1v) is 23.8. The molecule has 1 unspecified atom stereocenters. The summed E-state index contributed by atoms with van der Waals surface area (Å²) in [7, 11) is 0. The number of esters is 3. The second-order valence-corrected chi connectivity index (χ2v) is 17.1. The summed E-state index contributed by atoms with van der Waals surface area (Å²) in [6.07, 6.45) is 39.4. The molecule has 0 saturated carbocycles. The van der Waals surface area contributed by atoms with Gasteiger partial charge in [-0.05, 0) is 31.1 Å². The van der Waals surface area contributed by atoms with Gasteiger partial charge in [0.25, 0.3) is 0 Å². The van der Waals surface area contributed by atoms with Gasteiger partial charge >= 0.3 is 17.9 Å². The summed E-state index contributed by atoms with van der Waals surface area (Å²) < 4.78 is 16.7. The van der Waals surface area contributed by atoms with Gasteiger partial charge in [-0.25, -0.2) is 0 Å². The average molecular weight is 765 g/mol. The number of carbonyl (C=O) groups excluding carboxylic acids is 3. The van der Waals surface area contributed by atoms with E-state index in [-0.39, 0.29) is 31.1 Å². The van der Waals surface area contributed by atoms with Crippen molar-refractivity contribution < 1.29 is 28.6 Å². The Bertz CT molecular complexity index is 826. The van der Waals surface area contributed by atoms with Crippen molar-refractivity contribution in [1.29, 1.82) is 0 Å². The zero-order chi connectivity index (χ0) is 39.7. The maximum Gasteiger partial charge on any atom is 0.306 e. The van der Waals surface area contributed by atoms with Crippen molar-refractivity contribution >= 4 is 17.9 Å². The number of unbranched alkanes of at least 4 members (excludes halogenated alkanes) is 26. The van der Waals surface area contributed by atoms with E-state index in [1.54, 1.807) is 0 Å². The van der Waals surface area contributed by atoms with E-state index >= 15 is 0 Å². The quantitative estimate of drug-likeness (QED) is 0.0350. The molecule has 0 aliphatic rings. The van der Waals surface area contributed by atoms with Gasteiger partial charge in [-0.2, -0.15) is 0 Å². The molecule has 0 spiro atoms. The van der Waals surface area contributed by atoms with Crippen molar-refractivity contribution in [3.05, 3.63) is 0 Å². The molecule has 0 aliphatic carbocycles. The molecule has 6 heteroatoms. The molecular weight excluding hydrogens is 673 g/mol. The van der Waals surface area contributed by atoms with Crippen molar-refractivity contribution in [2.75, 3.05) is 13.2 Å². The summed E-state index contributed by atoms with van der Waals surface area (Å²) in [4.78, 5) is 37.7. The summed E-state index contributed by atoms with van der Waals surface area (Å²) in [6, 6.07) is 0. The molecule has 0 rings (SSSR count). The van der Waals surface area contributed by atoms with Gasteiger partial charge in [-0.1, -0.05) is 221 Å². The Kier molecular flexibility index (Phi) is 39.8. The number of ether oxygens (including phenoxy) is 3. The molecule has 320 valence electrons. The minimum Gasteiger partial charge on any atom is -0.462 e. The predicted molar refractivity (Wildman–Crippen MR) is 229 cm³/mol. The largest absolute Gasteiger partial charge is 0.462 e. The Hall–Kier alpha value is -1.59. The Labute approximate surface area is 336 Å². The normalized spacial score (nSPS) is 12.6. The summed E-state index contributed by atoms with van der Waals surface area (Å²) in [5.74, 6) is 0.829. The van der Waals surface area contributed by atoms with Crippen LogP contribution in [-0.2, 0) is 28.6 Å². The lowest BCUT2D eigenvalue weighted by atomic mass is 9.99. The number of hydrogen-bond acceptors (Lipinski definition) is 6. The molecule has 0 radical (unpaired) electrons. The first-order chi connectivity index (χ1) is 26.3. The standard InChI is InChI=1S/C48H92O6/c1-6-8-9-10-11-16-23-28-33-38-46(49)52-41-45(54-48(51)40-35-30-25-20-14-12-17-21-26-31-36-43(3)4)42-53-47(50)39-34-29-24-19-15-13-18-22-27-32-37-44(5)7-2/h43-45H,6-42H2,1-5H3/t44?,45-/m1/s1. The Morgan fingerprint density at radius 1 is 0.389 bits per heavy atom. The highest BCUT2D eigenvalue weighted by molar-refractivity contribution is 5.71. The van der Waals surface area contributed by atoms with E-state index < -0.39 is 6.10 Å². The van der Waals surface area contributed by atoms with Crippen LogP contribution in [0.4, 0.5) is 0 Å². The average Bonchev–Trinajstić information content (AvgIpc) is 3.15. The molecule has 0 aromatic heterocycles. The molecule has 0 aliphatic heterocycles. The molecule has 0 aromatic carbocycles. The predicted octanol–water partition coefficient (Wildman–Crippen LogP) is 15.0. The van der Waals surface area contributed by atoms with Crippen LogP contribution >= 0.6 is 0 Å². The van der Waals surface area contributed by atoms with Crippen LogP contribution in [0.3, 0.4) is 0 Å². The number of rotatable bonds is 42. The van der Waals surface area contributed by atoms with Gasteiger partial charge in [-0.3, -0.25) is 14.4 Å². The van der Waals surface area contributed by atoms with Crippen molar-refractivity contribution in [2.45, 2.75) is 265 Å². The third-order valence-electron chi connectivity index (χ3n) is 11.1. The Morgan fingerprint density at radius 3 is 1.06 bits per heavy atom. The smallest absolute Gasteiger partial charge is 0.306 e. The SMILES string of the molecule is CCCCCCCCCCCC(=O)OC[C@H](COC(=O)CCCCCCCCCCCCC(C)CC)OC(=O)CCCCCCCCCCCCC(C)C. The number of hydrogen-bond donors (Lipinski definition) is 0. The lowest BCUT2D eigenvalue weighted by Crippen LogP contribution is -2.30. The molecular formula is C48H92O6. The van der Waals surface area contributed by atoms with E-state index in [1.807, 2.05) is 0 Å². The van der Waals surface area contributed by atoms with Gasteiger partial charge in [0.05, 0.1) is 0 Å². The second kappa shape index (κ2) is 41.1. The van der Waals surface area contributed by atoms with E-state index in [2.05, 4.69) is 34.6 Å². The highest BCUT2D eigenvalue weighted by Crippen LogP contribution is 2.17. The van der Waals surface area contributed by atoms with Crippen molar-refractivity contribution in [1.82, 2.24) is 0 Å². The third-order valence-corrected chi connectivity index (χ3v) is 11.1. The van der Waals surface area contributed by atoms with E-state index in [9.17, 15) is 14.4 Å². The van der Waals surface area contributed by atoms with E-state index in [4.69, 9.17) is 14.2 Å². The highest BCUT2D eigenvalue weighted by atomic mass is 16.6. The van der Waals surface area contributed by atoms with Gasteiger partial charge in [0, 0.05) is 19.3 Å². The molecule has 6 nitrogen and oxygen atoms in total. The Balaban J connectivity index is 4.31. The van der Waals surface area contributed by atoms with Gasteiger partial charge < -0.3 is 14.2 Å². The second-order valence-electron chi connectivity index (χ2n) is 17.1. The van der Waals surface area contributed by atoms with Crippen LogP contribution in [0.2, 0.25) is 0 Å². The van der Waals surface area contributed by atoms with Gasteiger partial charge in [-0.15, -0.1) is 0 Å². The van der Waals surface area contributed by atoms with E-state index in [1.165, 1.54) is 148 Å². The number of carbonyl (C=O) groups is 3. The third kappa shape index (κ3) is 40.1. The monoisotopic (exact) mass is 765 g/mol. The zero-order valence-corrected chi connectivity index (χ0v) is 36.8. The molecule has 0 aromatic rings. The molecule has 0 bridgehead atoms. The van der Waals surface area contributed by atoms with Crippen LogP contribution in [0.25, 0.3) is 0 Å². The molecule has 2 atom stereocenters. The minimum absolute atomic E-state index is 0.0648. The summed E-state index contributed by atoms with van der Waals surface area (Å²) in [6.45, 7) is 11.3. The van der Waals surface area contributed by atoms with Crippen LogP contribution in [0, 0.1) is 11.8 Å². The summed E-state index contributed by atoms with van der Waals surface area (Å²) in [5, 5.41) is 0. The van der Waals surface area contributed by atoms with Crippen LogP contribution in [0.1, 0.15) is 259 Å². The van der Waals surface area contributed by atoms with Crippen molar-refractivity contribution in [3.8, 4) is 0 Å². The van der Waals surface area contributed by atoms with Gasteiger partial charge in [0.1, 0.15) is 13.2 Å². The fourth-order valence-electron chi connectivity index (χ4n) is 7.07. The highest BCUT2D eigenvalue weighted by Gasteiger charge is 2.19. The maximum absolute atomic E-state index is 12.7. The fourth-order valence-corrected chi connectivity index (χ4v) is 7.07. The van der Waals surface area contributed by atoms with E-state index in [0.717, 1.165) is 69.6 Å². The van der Waals surface area contributed by atoms with Gasteiger partial charge in [0.2, 0.25) is 0 Å². The van der Waals surface area contributed by atoms with Crippen molar-refractivity contribution in [3.63, 3.8) is 0 Å². The minimum atomic E-state index is -0.760. The maximum atomic E-state index is 12.7. The van der Waals surface area contributed by atoms with Gasteiger partial charge in [0.15, 0.2) is 6.10 Å². The molecule has 0 heterocycles. The van der Waals surface area contributed by atoms with E-state index in [0.29, 0.717) is 19.3 Å². The molecule has 0 amide bonds. The fraction of sp³-hybridized carbons (Fsp3) is 0.938. The molecule has 0 saturated heterocycles.